The Labute approximate surface area is 293 Å². The van der Waals surface area contributed by atoms with E-state index in [-0.39, 0.29) is 37.5 Å². The summed E-state index contributed by atoms with van der Waals surface area (Å²) in [5.74, 6) is -0.531. The van der Waals surface area contributed by atoms with Gasteiger partial charge in [0.05, 0.1) is 27.9 Å². The largest absolute Gasteiger partial charge is 0.416 e. The van der Waals surface area contributed by atoms with E-state index in [0.29, 0.717) is 5.56 Å². The van der Waals surface area contributed by atoms with Crippen LogP contribution in [0.25, 0.3) is 0 Å². The van der Waals surface area contributed by atoms with E-state index in [1.54, 1.807) is 16.7 Å². The summed E-state index contributed by atoms with van der Waals surface area (Å²) < 4.78 is 40.6. The zero-order valence-electron chi connectivity index (χ0n) is 27.4. The van der Waals surface area contributed by atoms with Crippen LogP contribution in [0.3, 0.4) is 0 Å². The van der Waals surface area contributed by atoms with Crippen LogP contribution in [0.4, 0.5) is 13.2 Å². The Bertz CT molecular complexity index is 1870. The number of halogens is 3. The third-order valence-electron chi connectivity index (χ3n) is 9.93. The maximum Gasteiger partial charge on any atom is 0.416 e. The second kappa shape index (κ2) is 13.0. The number of benzene rings is 5. The molecule has 2 aliphatic heterocycles. The Kier molecular flexibility index (Phi) is 8.74. The summed E-state index contributed by atoms with van der Waals surface area (Å²) in [6, 6.07) is 43.4. The first-order valence-corrected chi connectivity index (χ1v) is 17.0. The highest BCUT2D eigenvalue weighted by Crippen LogP contribution is 2.47. The van der Waals surface area contributed by atoms with E-state index in [4.69, 9.17) is 0 Å². The Morgan fingerprint density at radius 1 is 0.600 bits per heavy atom. The minimum Gasteiger partial charge on any atom is -0.320 e. The standard InChI is InChI=1S/C41H35F3N3O2Si/c1-39(50,33-22-24-34(25-23-33)41(42,43)44)47-35(48)26-46(37(31-18-10-4-11-19-31)32-20-12-5-13-21-32)38(49)40(47)27-45(28-40)36(29-14-6-2-7-15-29)30-16-8-3-9-17-30/h2-25,36-37H,26-28H2,1H3/t39-/m0/s1. The second-order valence-corrected chi connectivity index (χ2v) is 14.2. The van der Waals surface area contributed by atoms with Crippen molar-refractivity contribution in [1.82, 2.24) is 14.7 Å². The average molecular weight is 687 g/mol. The topological polar surface area (TPSA) is 43.9 Å². The molecule has 2 heterocycles. The van der Waals surface area contributed by atoms with Crippen molar-refractivity contribution >= 4 is 22.1 Å². The molecule has 2 aliphatic rings. The molecule has 1 spiro atoms. The van der Waals surface area contributed by atoms with Crippen molar-refractivity contribution in [2.24, 2.45) is 0 Å². The number of hydrogen-bond acceptors (Lipinski definition) is 3. The van der Waals surface area contributed by atoms with E-state index in [1.165, 1.54) is 12.1 Å². The number of amides is 2. The molecule has 2 amide bonds. The maximum absolute atomic E-state index is 15.3. The fourth-order valence-electron chi connectivity index (χ4n) is 7.68. The highest BCUT2D eigenvalue weighted by atomic mass is 28.1. The van der Waals surface area contributed by atoms with E-state index in [1.807, 2.05) is 97.1 Å². The zero-order valence-corrected chi connectivity index (χ0v) is 28.4. The molecule has 5 aromatic carbocycles. The van der Waals surface area contributed by atoms with Crippen LogP contribution in [-0.4, -0.2) is 61.9 Å². The van der Waals surface area contributed by atoms with Crippen LogP contribution in [0.2, 0.25) is 0 Å². The minimum atomic E-state index is -4.51. The molecule has 0 unspecified atom stereocenters. The van der Waals surface area contributed by atoms with Gasteiger partial charge in [0.15, 0.2) is 0 Å². The summed E-state index contributed by atoms with van der Waals surface area (Å²) in [5, 5.41) is -1.31. The molecule has 7 rings (SSSR count). The molecule has 0 aromatic heterocycles. The Balaban J connectivity index is 1.34. The summed E-state index contributed by atoms with van der Waals surface area (Å²) in [4.78, 5) is 35.5. The number of nitrogens with zero attached hydrogens (tertiary/aromatic N) is 3. The SMILES string of the molecule is C[C@]([Si])(c1ccc(C(F)(F)F)cc1)N1C(=O)CN(C(c2ccccc2)c2ccccc2)C(=O)C12CN(C(c1ccccc1)c1ccccc1)C2. The van der Waals surface area contributed by atoms with Gasteiger partial charge in [-0.25, -0.2) is 0 Å². The van der Waals surface area contributed by atoms with E-state index in [2.05, 4.69) is 39.4 Å². The summed E-state index contributed by atoms with van der Waals surface area (Å²) in [6.45, 7) is 1.94. The molecule has 2 fully saturated rings. The predicted octanol–water partition coefficient (Wildman–Crippen LogP) is 7.35. The molecule has 9 heteroatoms. The molecule has 1 atom stereocenters. The fraction of sp³-hybridized carbons (Fsp3) is 0.220. The average Bonchev–Trinajstić information content (AvgIpc) is 3.11. The second-order valence-electron chi connectivity index (χ2n) is 13.2. The molecule has 0 aliphatic carbocycles. The summed E-state index contributed by atoms with van der Waals surface area (Å²) >= 11 is 0. The minimum absolute atomic E-state index is 0.200. The lowest BCUT2D eigenvalue weighted by molar-refractivity contribution is -0.189. The van der Waals surface area contributed by atoms with Gasteiger partial charge in [-0.3, -0.25) is 14.5 Å². The molecule has 5 aromatic rings. The smallest absolute Gasteiger partial charge is 0.320 e. The number of carbonyl (C=O) groups is 2. The number of alkyl halides is 3. The van der Waals surface area contributed by atoms with Gasteiger partial charge in [0.25, 0.3) is 5.91 Å². The first-order valence-electron chi connectivity index (χ1n) is 16.5. The van der Waals surface area contributed by atoms with E-state index >= 15 is 4.79 Å². The summed E-state index contributed by atoms with van der Waals surface area (Å²) in [6.07, 6.45) is -4.51. The van der Waals surface area contributed by atoms with E-state index in [9.17, 15) is 18.0 Å². The van der Waals surface area contributed by atoms with E-state index in [0.717, 1.165) is 34.4 Å². The molecule has 0 saturated carbocycles. The van der Waals surface area contributed by atoms with Gasteiger partial charge in [-0.15, -0.1) is 0 Å². The Hall–Kier alpha value is -4.99. The Morgan fingerprint density at radius 2 is 0.980 bits per heavy atom. The molecule has 3 radical (unpaired) electrons. The number of likely N-dealkylation sites (tertiary alicyclic amines) is 1. The lowest BCUT2D eigenvalue weighted by Gasteiger charge is -2.64. The molecule has 251 valence electrons. The van der Waals surface area contributed by atoms with Gasteiger partial charge in [-0.05, 0) is 46.9 Å². The van der Waals surface area contributed by atoms with Crippen LogP contribution in [-0.2, 0) is 20.9 Å². The van der Waals surface area contributed by atoms with Crippen LogP contribution in [0.5, 0.6) is 0 Å². The molecule has 0 bridgehead atoms. The fourth-order valence-corrected chi connectivity index (χ4v) is 8.19. The van der Waals surface area contributed by atoms with Gasteiger partial charge in [-0.2, -0.15) is 13.2 Å². The molecular weight excluding hydrogens is 652 g/mol. The van der Waals surface area contributed by atoms with Gasteiger partial charge < -0.3 is 9.80 Å². The third-order valence-corrected chi connectivity index (χ3v) is 10.4. The van der Waals surface area contributed by atoms with Crippen LogP contribution >= 0.6 is 0 Å². The maximum atomic E-state index is 15.3. The molecule has 0 N–H and O–H groups in total. The first kappa shape index (κ1) is 33.5. The van der Waals surface area contributed by atoms with Crippen molar-refractivity contribution in [1.29, 1.82) is 0 Å². The number of rotatable bonds is 8. The quantitative estimate of drug-likeness (QED) is 0.161. The highest BCUT2D eigenvalue weighted by molar-refractivity contribution is 6.18. The molecular formula is C41H35F3N3O2Si. The highest BCUT2D eigenvalue weighted by Gasteiger charge is 2.64. The molecule has 50 heavy (non-hydrogen) atoms. The van der Waals surface area contributed by atoms with Crippen molar-refractivity contribution in [3.63, 3.8) is 0 Å². The number of hydrogen-bond donors (Lipinski definition) is 0. The zero-order chi connectivity index (χ0) is 35.1. The van der Waals surface area contributed by atoms with Crippen LogP contribution < -0.4 is 0 Å². The third kappa shape index (κ3) is 5.94. The van der Waals surface area contributed by atoms with Crippen molar-refractivity contribution in [3.8, 4) is 0 Å². The Morgan fingerprint density at radius 3 is 1.38 bits per heavy atom. The van der Waals surface area contributed by atoms with Crippen molar-refractivity contribution in [3.05, 3.63) is 179 Å². The number of piperazine rings is 1. The van der Waals surface area contributed by atoms with Crippen LogP contribution in [0, 0.1) is 0 Å². The summed E-state index contributed by atoms with van der Waals surface area (Å²) in [5.41, 5.74) is 2.13. The van der Waals surface area contributed by atoms with Gasteiger partial charge in [-0.1, -0.05) is 133 Å². The van der Waals surface area contributed by atoms with Gasteiger partial charge in [0, 0.05) is 18.3 Å². The lowest BCUT2D eigenvalue weighted by atomic mass is 9.78. The molecule has 5 nitrogen and oxygen atoms in total. The van der Waals surface area contributed by atoms with Crippen molar-refractivity contribution in [2.45, 2.75) is 35.9 Å². The van der Waals surface area contributed by atoms with Gasteiger partial charge in [0.2, 0.25) is 5.91 Å². The number of carbonyl (C=O) groups excluding carboxylic acids is 2. The normalized spacial score (nSPS) is 17.7. The van der Waals surface area contributed by atoms with E-state index < -0.39 is 28.5 Å². The van der Waals surface area contributed by atoms with Crippen LogP contribution in [0.1, 0.15) is 52.4 Å². The monoisotopic (exact) mass is 686 g/mol. The molecule has 2 saturated heterocycles. The van der Waals surface area contributed by atoms with Gasteiger partial charge in [0.1, 0.15) is 12.1 Å². The van der Waals surface area contributed by atoms with Crippen LogP contribution in [0.15, 0.2) is 146 Å². The predicted molar refractivity (Wildman–Crippen MR) is 187 cm³/mol. The van der Waals surface area contributed by atoms with Gasteiger partial charge >= 0.3 is 6.18 Å². The van der Waals surface area contributed by atoms with Crippen molar-refractivity contribution in [2.75, 3.05) is 19.6 Å². The lowest BCUT2D eigenvalue weighted by Crippen LogP contribution is -2.83. The summed E-state index contributed by atoms with van der Waals surface area (Å²) in [7, 11) is 3.85. The first-order chi connectivity index (χ1) is 24.0. The van der Waals surface area contributed by atoms with Crippen molar-refractivity contribution < 1.29 is 22.8 Å².